The Morgan fingerprint density at radius 1 is 1.19 bits per heavy atom. The molecule has 16 heavy (non-hydrogen) atoms. The fourth-order valence-electron chi connectivity index (χ4n) is 1.57. The number of benzene rings is 1. The van der Waals surface area contributed by atoms with E-state index in [9.17, 15) is 0 Å². The summed E-state index contributed by atoms with van der Waals surface area (Å²) in [5, 5.41) is 4.76. The van der Waals surface area contributed by atoms with Crippen LogP contribution in [0.1, 0.15) is 32.3 Å². The number of unbranched alkanes of at least 4 members (excludes halogenated alkanes) is 1. The van der Waals surface area contributed by atoms with E-state index < -0.39 is 0 Å². The van der Waals surface area contributed by atoms with E-state index in [4.69, 9.17) is 23.2 Å². The minimum atomic E-state index is 0.565. The van der Waals surface area contributed by atoms with Crippen molar-refractivity contribution in [2.24, 2.45) is 0 Å². The number of nitrogens with one attached hydrogen (secondary N) is 1. The zero-order valence-electron chi connectivity index (χ0n) is 9.89. The fraction of sp³-hybridized carbons (Fsp3) is 0.538. The molecule has 90 valence electrons. The largest absolute Gasteiger partial charge is 0.315 e. The number of rotatable bonds is 6. The molecule has 0 aliphatic heterocycles. The highest BCUT2D eigenvalue weighted by molar-refractivity contribution is 6.42. The first-order chi connectivity index (χ1) is 7.61. The van der Waals surface area contributed by atoms with E-state index in [-0.39, 0.29) is 0 Å². The molecule has 1 aromatic rings. The summed E-state index contributed by atoms with van der Waals surface area (Å²) < 4.78 is 0. The summed E-state index contributed by atoms with van der Waals surface area (Å²) in [4.78, 5) is 0. The van der Waals surface area contributed by atoms with Crippen molar-refractivity contribution in [3.63, 3.8) is 0 Å². The number of hydrogen-bond donors (Lipinski definition) is 1. The molecule has 0 unspecified atom stereocenters. The second kappa shape index (κ2) is 7.16. The quantitative estimate of drug-likeness (QED) is 0.751. The molecule has 0 fully saturated rings. The monoisotopic (exact) mass is 259 g/mol. The van der Waals surface area contributed by atoms with Crippen LogP contribution in [0.4, 0.5) is 0 Å². The molecule has 0 aliphatic carbocycles. The highest BCUT2D eigenvalue weighted by Crippen LogP contribution is 2.26. The summed E-state index contributed by atoms with van der Waals surface area (Å²) in [6.07, 6.45) is 3.31. The van der Waals surface area contributed by atoms with Gasteiger partial charge < -0.3 is 5.32 Å². The van der Waals surface area contributed by atoms with Gasteiger partial charge in [0.25, 0.3) is 0 Å². The zero-order valence-corrected chi connectivity index (χ0v) is 11.4. The van der Waals surface area contributed by atoms with Crippen LogP contribution in [0.15, 0.2) is 18.2 Å². The number of halogens is 2. The van der Waals surface area contributed by atoms with Gasteiger partial charge in [-0.15, -0.1) is 0 Å². The SMILES string of the molecule is CC(C)NCCCCc1cccc(Cl)c1Cl. The smallest absolute Gasteiger partial charge is 0.0624 e. The molecule has 1 N–H and O–H groups in total. The molecule has 0 aromatic heterocycles. The normalized spacial score (nSPS) is 11.1. The van der Waals surface area contributed by atoms with Crippen LogP contribution in [0.25, 0.3) is 0 Å². The third-order valence-electron chi connectivity index (χ3n) is 2.46. The van der Waals surface area contributed by atoms with Gasteiger partial charge in [-0.2, -0.15) is 0 Å². The molecule has 0 amide bonds. The lowest BCUT2D eigenvalue weighted by molar-refractivity contribution is 0.557. The van der Waals surface area contributed by atoms with Gasteiger partial charge in [0.15, 0.2) is 0 Å². The van der Waals surface area contributed by atoms with Crippen molar-refractivity contribution >= 4 is 23.2 Å². The lowest BCUT2D eigenvalue weighted by Gasteiger charge is -2.08. The molecule has 0 saturated carbocycles. The standard InChI is InChI=1S/C13H19Cl2N/c1-10(2)16-9-4-3-6-11-7-5-8-12(14)13(11)15/h5,7-8,10,16H,3-4,6,9H2,1-2H3. The van der Waals surface area contributed by atoms with Gasteiger partial charge in [0.2, 0.25) is 0 Å². The second-order valence-corrected chi connectivity index (χ2v) is 5.06. The number of hydrogen-bond acceptors (Lipinski definition) is 1. The van der Waals surface area contributed by atoms with E-state index in [0.29, 0.717) is 16.1 Å². The summed E-state index contributed by atoms with van der Waals surface area (Å²) in [7, 11) is 0. The molecule has 0 heterocycles. The molecule has 1 aromatic carbocycles. The predicted octanol–water partition coefficient (Wildman–Crippen LogP) is 4.31. The van der Waals surface area contributed by atoms with Crippen LogP contribution in [0.5, 0.6) is 0 Å². The van der Waals surface area contributed by atoms with Crippen molar-refractivity contribution in [1.29, 1.82) is 0 Å². The Morgan fingerprint density at radius 3 is 2.62 bits per heavy atom. The summed E-state index contributed by atoms with van der Waals surface area (Å²) in [5.74, 6) is 0. The Bertz CT molecular complexity index is 324. The maximum atomic E-state index is 6.11. The number of aryl methyl sites for hydroxylation is 1. The van der Waals surface area contributed by atoms with Crippen molar-refractivity contribution < 1.29 is 0 Å². The predicted molar refractivity (Wildman–Crippen MR) is 72.5 cm³/mol. The Kier molecular flexibility index (Phi) is 6.18. The highest BCUT2D eigenvalue weighted by Gasteiger charge is 2.03. The molecule has 0 bridgehead atoms. The molecular formula is C13H19Cl2N. The van der Waals surface area contributed by atoms with Gasteiger partial charge >= 0.3 is 0 Å². The average molecular weight is 260 g/mol. The van der Waals surface area contributed by atoms with E-state index in [2.05, 4.69) is 19.2 Å². The van der Waals surface area contributed by atoms with Crippen LogP contribution in [0.2, 0.25) is 10.0 Å². The zero-order chi connectivity index (χ0) is 12.0. The van der Waals surface area contributed by atoms with E-state index in [1.807, 2.05) is 18.2 Å². The molecule has 1 nitrogen and oxygen atoms in total. The third kappa shape index (κ3) is 4.73. The van der Waals surface area contributed by atoms with Gasteiger partial charge in [-0.1, -0.05) is 49.2 Å². The second-order valence-electron chi connectivity index (χ2n) is 4.28. The van der Waals surface area contributed by atoms with Crippen molar-refractivity contribution in [3.8, 4) is 0 Å². The van der Waals surface area contributed by atoms with Crippen molar-refractivity contribution in [2.75, 3.05) is 6.54 Å². The summed E-state index contributed by atoms with van der Waals surface area (Å²) >= 11 is 12.1. The lowest BCUT2D eigenvalue weighted by atomic mass is 10.1. The fourth-order valence-corrected chi connectivity index (χ4v) is 1.99. The van der Waals surface area contributed by atoms with Gasteiger partial charge in [-0.25, -0.2) is 0 Å². The first-order valence-corrected chi connectivity index (χ1v) is 6.53. The van der Waals surface area contributed by atoms with Crippen LogP contribution in [0, 0.1) is 0 Å². The highest BCUT2D eigenvalue weighted by atomic mass is 35.5. The van der Waals surface area contributed by atoms with Crippen LogP contribution in [0.3, 0.4) is 0 Å². The average Bonchev–Trinajstić information content (AvgIpc) is 2.23. The Hall–Kier alpha value is -0.240. The van der Waals surface area contributed by atoms with Crippen molar-refractivity contribution in [3.05, 3.63) is 33.8 Å². The van der Waals surface area contributed by atoms with Crippen LogP contribution in [-0.2, 0) is 6.42 Å². The first kappa shape index (κ1) is 13.8. The molecule has 1 rings (SSSR count). The van der Waals surface area contributed by atoms with E-state index in [1.165, 1.54) is 6.42 Å². The summed E-state index contributed by atoms with van der Waals surface area (Å²) in [5.41, 5.74) is 1.15. The Labute approximate surface area is 108 Å². The molecule has 0 aliphatic rings. The maximum absolute atomic E-state index is 6.11. The van der Waals surface area contributed by atoms with Crippen LogP contribution in [-0.4, -0.2) is 12.6 Å². The van der Waals surface area contributed by atoms with Crippen LogP contribution >= 0.6 is 23.2 Å². The van der Waals surface area contributed by atoms with Gasteiger partial charge in [0.05, 0.1) is 10.0 Å². The topological polar surface area (TPSA) is 12.0 Å². The van der Waals surface area contributed by atoms with E-state index in [1.54, 1.807) is 0 Å². The van der Waals surface area contributed by atoms with Crippen molar-refractivity contribution in [1.82, 2.24) is 5.32 Å². The molecule has 0 atom stereocenters. The maximum Gasteiger partial charge on any atom is 0.0624 e. The summed E-state index contributed by atoms with van der Waals surface area (Å²) in [6.45, 7) is 5.39. The van der Waals surface area contributed by atoms with Gasteiger partial charge in [-0.05, 0) is 37.4 Å². The Morgan fingerprint density at radius 2 is 1.94 bits per heavy atom. The van der Waals surface area contributed by atoms with Gasteiger partial charge in [-0.3, -0.25) is 0 Å². The molecule has 0 saturated heterocycles. The molecule has 3 heteroatoms. The minimum Gasteiger partial charge on any atom is -0.315 e. The minimum absolute atomic E-state index is 0.565. The summed E-state index contributed by atoms with van der Waals surface area (Å²) in [6, 6.07) is 6.39. The third-order valence-corrected chi connectivity index (χ3v) is 3.32. The van der Waals surface area contributed by atoms with E-state index in [0.717, 1.165) is 24.9 Å². The molecule has 0 radical (unpaired) electrons. The Balaban J connectivity index is 2.29. The van der Waals surface area contributed by atoms with E-state index >= 15 is 0 Å². The van der Waals surface area contributed by atoms with Crippen molar-refractivity contribution in [2.45, 2.75) is 39.2 Å². The molecular weight excluding hydrogens is 241 g/mol. The lowest BCUT2D eigenvalue weighted by Crippen LogP contribution is -2.23. The van der Waals surface area contributed by atoms with Gasteiger partial charge in [0.1, 0.15) is 0 Å². The first-order valence-electron chi connectivity index (χ1n) is 5.77. The van der Waals surface area contributed by atoms with Gasteiger partial charge in [0, 0.05) is 6.04 Å². The van der Waals surface area contributed by atoms with Crippen LogP contribution < -0.4 is 5.32 Å². The molecule has 0 spiro atoms.